The first-order valence-corrected chi connectivity index (χ1v) is 11.8. The van der Waals surface area contributed by atoms with E-state index < -0.39 is 6.04 Å². The number of carbonyl (C=O) groups is 1. The maximum atomic E-state index is 13.6. The van der Waals surface area contributed by atoms with Gasteiger partial charge < -0.3 is 20.1 Å². The van der Waals surface area contributed by atoms with Crippen LogP contribution in [0.25, 0.3) is 0 Å². The predicted molar refractivity (Wildman–Crippen MR) is 130 cm³/mol. The molecule has 3 aromatic rings. The number of nitrogens with zero attached hydrogens (tertiary/aromatic N) is 3. The molecule has 2 N–H and O–H groups in total. The number of nitrogens with one attached hydrogen (secondary N) is 2. The topological polar surface area (TPSA) is 90.3 Å². The number of para-hydroxylation sites is 2. The van der Waals surface area contributed by atoms with Crippen LogP contribution in [0.3, 0.4) is 0 Å². The summed E-state index contributed by atoms with van der Waals surface area (Å²) in [5.41, 5.74) is 2.77. The van der Waals surface area contributed by atoms with Crippen molar-refractivity contribution in [2.75, 3.05) is 30.1 Å². The van der Waals surface area contributed by atoms with Crippen molar-refractivity contribution < 1.29 is 14.3 Å². The second-order valence-electron chi connectivity index (χ2n) is 7.32. The lowest BCUT2D eigenvalue weighted by atomic mass is 9.95. The number of anilines is 2. The van der Waals surface area contributed by atoms with E-state index in [4.69, 9.17) is 14.6 Å². The largest absolute Gasteiger partial charge is 0.495 e. The zero-order valence-corrected chi connectivity index (χ0v) is 19.9. The number of ether oxygens (including phenoxy) is 2. The van der Waals surface area contributed by atoms with Gasteiger partial charge in [0.1, 0.15) is 17.5 Å². The number of methoxy groups -OCH3 is 1. The van der Waals surface area contributed by atoms with E-state index in [9.17, 15) is 4.79 Å². The summed E-state index contributed by atoms with van der Waals surface area (Å²) in [5.74, 6) is 2.58. The van der Waals surface area contributed by atoms with Gasteiger partial charge in [-0.2, -0.15) is 4.98 Å². The molecule has 2 aromatic carbocycles. The van der Waals surface area contributed by atoms with Crippen molar-refractivity contribution in [3.63, 3.8) is 0 Å². The van der Waals surface area contributed by atoms with Crippen LogP contribution in [0.4, 0.5) is 11.6 Å². The molecular weight excluding hydrogens is 438 g/mol. The average Bonchev–Trinajstić information content (AvgIpc) is 3.21. The van der Waals surface area contributed by atoms with Crippen molar-refractivity contribution in [1.82, 2.24) is 14.8 Å². The third-order valence-corrected chi connectivity index (χ3v) is 5.93. The fourth-order valence-electron chi connectivity index (χ4n) is 3.77. The Bertz CT molecular complexity index is 1170. The summed E-state index contributed by atoms with van der Waals surface area (Å²) in [7, 11) is 1.58. The van der Waals surface area contributed by atoms with Gasteiger partial charge in [0.05, 0.1) is 25.0 Å². The summed E-state index contributed by atoms with van der Waals surface area (Å²) in [6.45, 7) is 6.46. The second-order valence-corrected chi connectivity index (χ2v) is 8.55. The van der Waals surface area contributed by atoms with Crippen LogP contribution in [0.15, 0.2) is 65.0 Å². The van der Waals surface area contributed by atoms with Crippen LogP contribution in [0.5, 0.6) is 11.5 Å². The number of benzene rings is 2. The lowest BCUT2D eigenvalue weighted by Gasteiger charge is -2.29. The van der Waals surface area contributed by atoms with Gasteiger partial charge in [-0.1, -0.05) is 43.0 Å². The minimum absolute atomic E-state index is 0.241. The van der Waals surface area contributed by atoms with Crippen LogP contribution in [-0.4, -0.2) is 40.1 Å². The molecule has 1 atom stereocenters. The van der Waals surface area contributed by atoms with Crippen molar-refractivity contribution in [2.24, 2.45) is 0 Å². The van der Waals surface area contributed by atoms with Gasteiger partial charge in [0.25, 0.3) is 5.91 Å². The maximum absolute atomic E-state index is 13.6. The lowest BCUT2D eigenvalue weighted by Crippen LogP contribution is -2.31. The van der Waals surface area contributed by atoms with E-state index in [0.717, 1.165) is 17.1 Å². The molecule has 1 aromatic heterocycles. The molecule has 1 aliphatic heterocycles. The molecule has 4 rings (SSSR count). The average molecular weight is 466 g/mol. The number of rotatable bonds is 8. The summed E-state index contributed by atoms with van der Waals surface area (Å²) >= 11 is 1.55. The van der Waals surface area contributed by atoms with Gasteiger partial charge in [0.2, 0.25) is 11.1 Å². The molecule has 0 spiro atoms. The number of hydrogen-bond donors (Lipinski definition) is 2. The fraction of sp³-hybridized carbons (Fsp3) is 0.292. The van der Waals surface area contributed by atoms with Gasteiger partial charge in [0.15, 0.2) is 0 Å². The Kier molecular flexibility index (Phi) is 6.88. The normalized spacial score (nSPS) is 15.0. The molecule has 1 aliphatic rings. The summed E-state index contributed by atoms with van der Waals surface area (Å²) in [5, 5.41) is 11.6. The molecule has 1 amide bonds. The Balaban J connectivity index is 1.76. The van der Waals surface area contributed by atoms with Crippen molar-refractivity contribution in [3.8, 4) is 11.5 Å². The molecule has 0 aliphatic carbocycles. The summed E-state index contributed by atoms with van der Waals surface area (Å²) in [6, 6.07) is 14.6. The summed E-state index contributed by atoms with van der Waals surface area (Å²) < 4.78 is 12.8. The van der Waals surface area contributed by atoms with Crippen molar-refractivity contribution >= 4 is 29.3 Å². The predicted octanol–water partition coefficient (Wildman–Crippen LogP) is 4.73. The first kappa shape index (κ1) is 22.7. The molecule has 0 saturated carbocycles. The number of amides is 1. The smallest absolute Gasteiger partial charge is 0.255 e. The zero-order valence-electron chi connectivity index (χ0n) is 19.1. The van der Waals surface area contributed by atoms with Crippen molar-refractivity contribution in [1.29, 1.82) is 0 Å². The highest BCUT2D eigenvalue weighted by Gasteiger charge is 2.34. The van der Waals surface area contributed by atoms with E-state index in [1.54, 1.807) is 23.6 Å². The van der Waals surface area contributed by atoms with Gasteiger partial charge in [-0.15, -0.1) is 5.10 Å². The van der Waals surface area contributed by atoms with Crippen LogP contribution in [-0.2, 0) is 4.79 Å². The zero-order chi connectivity index (χ0) is 23.4. The van der Waals surface area contributed by atoms with Gasteiger partial charge >= 0.3 is 0 Å². The van der Waals surface area contributed by atoms with E-state index in [1.165, 1.54) is 0 Å². The van der Waals surface area contributed by atoms with Crippen LogP contribution < -0.4 is 20.1 Å². The maximum Gasteiger partial charge on any atom is 0.255 e. The molecule has 0 unspecified atom stereocenters. The third-order valence-electron chi connectivity index (χ3n) is 5.21. The Labute approximate surface area is 197 Å². The molecule has 172 valence electrons. The fourth-order valence-corrected chi connectivity index (χ4v) is 4.33. The number of hydrogen-bond acceptors (Lipinski definition) is 7. The molecule has 0 bridgehead atoms. The Hall–Kier alpha value is -3.46. The molecule has 2 heterocycles. The molecule has 0 radical (unpaired) electrons. The van der Waals surface area contributed by atoms with Crippen molar-refractivity contribution in [2.45, 2.75) is 32.0 Å². The Morgan fingerprint density at radius 1 is 1.18 bits per heavy atom. The van der Waals surface area contributed by atoms with Crippen LogP contribution >= 0.6 is 11.8 Å². The SMILES string of the molecule is CCOc1ccc([C@H]2C(C(=O)Nc3ccccc3OC)=C(C)Nc3nc(SCC)nn32)cc1. The van der Waals surface area contributed by atoms with Gasteiger partial charge in [0, 0.05) is 5.70 Å². The number of aromatic nitrogens is 3. The molecule has 0 saturated heterocycles. The standard InChI is InChI=1S/C24H27N5O3S/c1-5-32-17-13-11-16(12-14-17)21-20(22(30)26-18-9-7-8-10-19(18)31-4)15(3)25-23-27-24(33-6-2)28-29(21)23/h7-14,21H,5-6H2,1-4H3,(H,26,30)(H,25,27,28)/t21-/m0/s1. The minimum atomic E-state index is -0.453. The van der Waals surface area contributed by atoms with Crippen LogP contribution in [0, 0.1) is 0 Å². The summed E-state index contributed by atoms with van der Waals surface area (Å²) in [4.78, 5) is 18.2. The third kappa shape index (κ3) is 4.68. The quantitative estimate of drug-likeness (QED) is 0.465. The van der Waals surface area contributed by atoms with Crippen molar-refractivity contribution in [3.05, 3.63) is 65.4 Å². The van der Waals surface area contributed by atoms with Gasteiger partial charge in [-0.25, -0.2) is 4.68 Å². The van der Waals surface area contributed by atoms with Crippen LogP contribution in [0.1, 0.15) is 32.4 Å². The van der Waals surface area contributed by atoms with Crippen LogP contribution in [0.2, 0.25) is 0 Å². The first-order chi connectivity index (χ1) is 16.0. The van der Waals surface area contributed by atoms with E-state index in [0.29, 0.717) is 40.4 Å². The Morgan fingerprint density at radius 3 is 2.64 bits per heavy atom. The Morgan fingerprint density at radius 2 is 1.94 bits per heavy atom. The molecule has 0 fully saturated rings. The lowest BCUT2D eigenvalue weighted by molar-refractivity contribution is -0.113. The molecule has 33 heavy (non-hydrogen) atoms. The summed E-state index contributed by atoms with van der Waals surface area (Å²) in [6.07, 6.45) is 0. The van der Waals surface area contributed by atoms with Gasteiger partial charge in [-0.3, -0.25) is 4.79 Å². The van der Waals surface area contributed by atoms with E-state index in [-0.39, 0.29) is 5.91 Å². The second kappa shape index (κ2) is 9.99. The molecule has 9 heteroatoms. The highest BCUT2D eigenvalue weighted by molar-refractivity contribution is 7.99. The minimum Gasteiger partial charge on any atom is -0.495 e. The number of carbonyl (C=O) groups excluding carboxylic acids is 1. The number of thioether (sulfide) groups is 1. The highest BCUT2D eigenvalue weighted by Crippen LogP contribution is 2.37. The molecular formula is C24H27N5O3S. The first-order valence-electron chi connectivity index (χ1n) is 10.8. The van der Waals surface area contributed by atoms with E-state index in [1.807, 2.05) is 62.4 Å². The van der Waals surface area contributed by atoms with E-state index >= 15 is 0 Å². The van der Waals surface area contributed by atoms with E-state index in [2.05, 4.69) is 22.5 Å². The molecule has 8 nitrogen and oxygen atoms in total. The number of fused-ring (bicyclic) bond motifs is 1. The number of allylic oxidation sites excluding steroid dienone is 1. The monoisotopic (exact) mass is 465 g/mol. The highest BCUT2D eigenvalue weighted by atomic mass is 32.2. The van der Waals surface area contributed by atoms with Gasteiger partial charge in [-0.05, 0) is 49.4 Å².